The van der Waals surface area contributed by atoms with Gasteiger partial charge < -0.3 is 10.2 Å². The zero-order valence-electron chi connectivity index (χ0n) is 9.76. The smallest absolute Gasteiger partial charge is 0.180 e. The number of fused-ring (bicyclic) bond motifs is 1. The molecule has 5 nitrogen and oxygen atoms in total. The Kier molecular flexibility index (Phi) is 3.49. The average Bonchev–Trinajstić information content (AvgIpc) is 2.73. The number of imidazole rings is 1. The molecule has 2 aromatic heterocycles. The number of hydrogen-bond acceptors (Lipinski definition) is 4. The minimum absolute atomic E-state index is 0. The molecule has 0 atom stereocenters. The lowest BCUT2D eigenvalue weighted by molar-refractivity contribution is 0.585. The van der Waals surface area contributed by atoms with Crippen LogP contribution in [0.15, 0.2) is 18.6 Å². The zero-order valence-corrected chi connectivity index (χ0v) is 10.6. The lowest BCUT2D eigenvalue weighted by Crippen LogP contribution is -2.44. The van der Waals surface area contributed by atoms with Gasteiger partial charge in [-0.05, 0) is 6.92 Å². The van der Waals surface area contributed by atoms with Crippen molar-refractivity contribution >= 4 is 23.9 Å². The van der Waals surface area contributed by atoms with Crippen LogP contribution in [0.1, 0.15) is 5.69 Å². The molecule has 0 amide bonds. The third-order valence-corrected chi connectivity index (χ3v) is 3.01. The van der Waals surface area contributed by atoms with Gasteiger partial charge in [-0.1, -0.05) is 0 Å². The Morgan fingerprint density at radius 2 is 2.00 bits per heavy atom. The SMILES string of the molecule is Cc1cnc2c(N3CCNCC3)nccn12.Cl. The van der Waals surface area contributed by atoms with Crippen molar-refractivity contribution in [1.29, 1.82) is 0 Å². The van der Waals surface area contributed by atoms with E-state index in [4.69, 9.17) is 0 Å². The Labute approximate surface area is 106 Å². The van der Waals surface area contributed by atoms with Crippen LogP contribution < -0.4 is 10.2 Å². The van der Waals surface area contributed by atoms with Gasteiger partial charge in [0.25, 0.3) is 0 Å². The van der Waals surface area contributed by atoms with Gasteiger partial charge in [-0.25, -0.2) is 9.97 Å². The van der Waals surface area contributed by atoms with E-state index in [0.29, 0.717) is 0 Å². The molecule has 0 aliphatic carbocycles. The van der Waals surface area contributed by atoms with Crippen molar-refractivity contribution in [2.45, 2.75) is 6.92 Å². The molecule has 0 aromatic carbocycles. The van der Waals surface area contributed by atoms with Crippen LogP contribution in [-0.2, 0) is 0 Å². The molecule has 1 aliphatic heterocycles. The van der Waals surface area contributed by atoms with Crippen molar-refractivity contribution in [3.8, 4) is 0 Å². The maximum atomic E-state index is 4.46. The first-order valence-corrected chi connectivity index (χ1v) is 5.60. The van der Waals surface area contributed by atoms with Gasteiger partial charge in [0.1, 0.15) is 0 Å². The Bertz CT molecular complexity index is 504. The molecule has 6 heteroatoms. The molecular formula is C11H16ClN5. The van der Waals surface area contributed by atoms with E-state index < -0.39 is 0 Å². The summed E-state index contributed by atoms with van der Waals surface area (Å²) in [4.78, 5) is 11.2. The van der Waals surface area contributed by atoms with Crippen LogP contribution in [0.2, 0.25) is 0 Å². The van der Waals surface area contributed by atoms with Crippen molar-refractivity contribution < 1.29 is 0 Å². The fraction of sp³-hybridized carbons (Fsp3) is 0.455. The molecular weight excluding hydrogens is 238 g/mol. The predicted octanol–water partition coefficient (Wildman–Crippen LogP) is 0.869. The number of aryl methyl sites for hydroxylation is 1. The van der Waals surface area contributed by atoms with Crippen molar-refractivity contribution in [1.82, 2.24) is 19.7 Å². The zero-order chi connectivity index (χ0) is 11.0. The second-order valence-electron chi connectivity index (χ2n) is 4.08. The fourth-order valence-corrected chi connectivity index (χ4v) is 2.13. The van der Waals surface area contributed by atoms with Gasteiger partial charge in [0.2, 0.25) is 0 Å². The standard InChI is InChI=1S/C11H15N5.ClH/c1-9-8-14-11-10(13-4-7-16(9)11)15-5-2-12-3-6-15;/h4,7-8,12H,2-3,5-6H2,1H3;1H. The van der Waals surface area contributed by atoms with E-state index >= 15 is 0 Å². The number of hydrogen-bond donors (Lipinski definition) is 1. The normalized spacial score (nSPS) is 15.9. The quantitative estimate of drug-likeness (QED) is 0.819. The third-order valence-electron chi connectivity index (χ3n) is 3.01. The first-order valence-electron chi connectivity index (χ1n) is 5.60. The van der Waals surface area contributed by atoms with Gasteiger partial charge in [-0.3, -0.25) is 4.40 Å². The van der Waals surface area contributed by atoms with E-state index in [0.717, 1.165) is 43.3 Å². The maximum absolute atomic E-state index is 4.46. The second kappa shape index (κ2) is 4.89. The van der Waals surface area contributed by atoms with Crippen LogP contribution >= 0.6 is 12.4 Å². The first-order chi connectivity index (χ1) is 7.86. The van der Waals surface area contributed by atoms with Gasteiger partial charge in [-0.15, -0.1) is 12.4 Å². The van der Waals surface area contributed by atoms with Gasteiger partial charge in [0.15, 0.2) is 11.5 Å². The van der Waals surface area contributed by atoms with E-state index in [1.54, 1.807) is 0 Å². The fourth-order valence-electron chi connectivity index (χ4n) is 2.13. The monoisotopic (exact) mass is 253 g/mol. The maximum Gasteiger partial charge on any atom is 0.180 e. The Balaban J connectivity index is 0.00000108. The summed E-state index contributed by atoms with van der Waals surface area (Å²) in [7, 11) is 0. The van der Waals surface area contributed by atoms with Crippen LogP contribution in [0.3, 0.4) is 0 Å². The Hall–Kier alpha value is -1.33. The minimum atomic E-state index is 0. The van der Waals surface area contributed by atoms with E-state index in [1.807, 2.05) is 18.6 Å². The van der Waals surface area contributed by atoms with Crippen LogP contribution in [0.5, 0.6) is 0 Å². The molecule has 1 saturated heterocycles. The number of halogens is 1. The number of piperazine rings is 1. The molecule has 17 heavy (non-hydrogen) atoms. The molecule has 0 radical (unpaired) electrons. The highest BCUT2D eigenvalue weighted by Gasteiger charge is 2.15. The number of nitrogens with zero attached hydrogens (tertiary/aromatic N) is 4. The number of nitrogens with one attached hydrogen (secondary N) is 1. The minimum Gasteiger partial charge on any atom is -0.351 e. The van der Waals surface area contributed by atoms with E-state index in [-0.39, 0.29) is 12.4 Å². The van der Waals surface area contributed by atoms with Crippen LogP contribution in [0, 0.1) is 6.92 Å². The van der Waals surface area contributed by atoms with Crippen molar-refractivity contribution in [2.24, 2.45) is 0 Å². The van der Waals surface area contributed by atoms with E-state index in [2.05, 4.69) is 31.5 Å². The largest absolute Gasteiger partial charge is 0.351 e. The highest BCUT2D eigenvalue weighted by molar-refractivity contribution is 5.85. The topological polar surface area (TPSA) is 45.5 Å². The van der Waals surface area contributed by atoms with Crippen LogP contribution in [0.4, 0.5) is 5.82 Å². The lowest BCUT2D eigenvalue weighted by atomic mass is 10.3. The molecule has 0 saturated carbocycles. The predicted molar refractivity (Wildman–Crippen MR) is 70.1 cm³/mol. The van der Waals surface area contributed by atoms with Crippen LogP contribution in [-0.4, -0.2) is 40.5 Å². The number of anilines is 1. The van der Waals surface area contributed by atoms with Crippen molar-refractivity contribution in [2.75, 3.05) is 31.1 Å². The van der Waals surface area contributed by atoms with Crippen LogP contribution in [0.25, 0.3) is 5.65 Å². The van der Waals surface area contributed by atoms with E-state index in [1.165, 1.54) is 0 Å². The average molecular weight is 254 g/mol. The van der Waals surface area contributed by atoms with Crippen molar-refractivity contribution in [3.63, 3.8) is 0 Å². The molecule has 3 rings (SSSR count). The van der Waals surface area contributed by atoms with E-state index in [9.17, 15) is 0 Å². The summed E-state index contributed by atoms with van der Waals surface area (Å²) in [6.45, 7) is 6.09. The lowest BCUT2D eigenvalue weighted by Gasteiger charge is -2.28. The Morgan fingerprint density at radius 1 is 1.24 bits per heavy atom. The molecule has 0 unspecified atom stereocenters. The van der Waals surface area contributed by atoms with Gasteiger partial charge in [0, 0.05) is 50.5 Å². The van der Waals surface area contributed by atoms with Gasteiger partial charge in [-0.2, -0.15) is 0 Å². The summed E-state index contributed by atoms with van der Waals surface area (Å²) in [5.74, 6) is 0.997. The molecule has 1 aliphatic rings. The van der Waals surface area contributed by atoms with Gasteiger partial charge >= 0.3 is 0 Å². The van der Waals surface area contributed by atoms with Gasteiger partial charge in [0.05, 0.1) is 0 Å². The summed E-state index contributed by atoms with van der Waals surface area (Å²) in [5, 5.41) is 3.34. The first kappa shape index (κ1) is 12.1. The molecule has 92 valence electrons. The highest BCUT2D eigenvalue weighted by Crippen LogP contribution is 2.18. The molecule has 0 spiro atoms. The summed E-state index contributed by atoms with van der Waals surface area (Å²) in [6.07, 6.45) is 5.70. The summed E-state index contributed by atoms with van der Waals surface area (Å²) < 4.78 is 2.09. The number of aromatic nitrogens is 3. The second-order valence-corrected chi connectivity index (χ2v) is 4.08. The molecule has 1 fully saturated rings. The Morgan fingerprint density at radius 3 is 2.76 bits per heavy atom. The van der Waals surface area contributed by atoms with Crippen molar-refractivity contribution in [3.05, 3.63) is 24.3 Å². The summed E-state index contributed by atoms with van der Waals surface area (Å²) >= 11 is 0. The molecule has 1 N–H and O–H groups in total. The molecule has 2 aromatic rings. The molecule has 0 bridgehead atoms. The summed E-state index contributed by atoms with van der Waals surface area (Å²) in [5.41, 5.74) is 2.11. The summed E-state index contributed by atoms with van der Waals surface area (Å²) in [6, 6.07) is 0. The highest BCUT2D eigenvalue weighted by atomic mass is 35.5. The number of rotatable bonds is 1. The molecule has 3 heterocycles. The third kappa shape index (κ3) is 2.08.